The van der Waals surface area contributed by atoms with Crippen LogP contribution in [0.2, 0.25) is 0 Å². The second-order valence-electron chi connectivity index (χ2n) is 4.13. The number of rotatable bonds is 3. The molecule has 3 aromatic rings. The zero-order valence-corrected chi connectivity index (χ0v) is 13.1. The Bertz CT molecular complexity index is 768. The summed E-state index contributed by atoms with van der Waals surface area (Å²) in [5, 5.41) is 6.10. The summed E-state index contributed by atoms with van der Waals surface area (Å²) in [6.07, 6.45) is 3.54. The highest BCUT2D eigenvalue weighted by molar-refractivity contribution is 9.11. The smallest absolute Gasteiger partial charge is 0.167 e. The molecule has 0 amide bonds. The maximum Gasteiger partial charge on any atom is 0.167 e. The lowest BCUT2D eigenvalue weighted by Gasteiger charge is -2.11. The summed E-state index contributed by atoms with van der Waals surface area (Å²) in [4.78, 5) is 10.00. The molecule has 0 unspecified atom stereocenters. The van der Waals surface area contributed by atoms with Gasteiger partial charge in [0.2, 0.25) is 0 Å². The summed E-state index contributed by atoms with van der Waals surface area (Å²) >= 11 is 5.06. The van der Waals surface area contributed by atoms with Gasteiger partial charge < -0.3 is 0 Å². The standard InChI is InChI=1S/C14H11BrN4S/c1-19(17-8-10-6-7-13(15)20-10)14-9-16-11-4-2-3-5-12(11)18-14/h2-9H,1H3. The number of benzene rings is 1. The van der Waals surface area contributed by atoms with E-state index in [9.17, 15) is 0 Å². The monoisotopic (exact) mass is 346 g/mol. The average Bonchev–Trinajstić information content (AvgIpc) is 2.90. The zero-order chi connectivity index (χ0) is 13.9. The van der Waals surface area contributed by atoms with Gasteiger partial charge in [-0.2, -0.15) is 5.10 Å². The number of thiophene rings is 1. The number of anilines is 1. The van der Waals surface area contributed by atoms with Gasteiger partial charge in [-0.1, -0.05) is 12.1 Å². The van der Waals surface area contributed by atoms with Gasteiger partial charge >= 0.3 is 0 Å². The molecule has 0 aliphatic rings. The minimum atomic E-state index is 0.718. The minimum Gasteiger partial charge on any atom is -0.251 e. The number of hydrazone groups is 1. The molecule has 100 valence electrons. The molecule has 0 aliphatic heterocycles. The molecule has 2 aromatic heterocycles. The Morgan fingerprint density at radius 1 is 1.20 bits per heavy atom. The number of fused-ring (bicyclic) bond motifs is 1. The third-order valence-electron chi connectivity index (χ3n) is 2.72. The molecular weight excluding hydrogens is 336 g/mol. The zero-order valence-electron chi connectivity index (χ0n) is 10.7. The highest BCUT2D eigenvalue weighted by Gasteiger charge is 2.03. The first-order chi connectivity index (χ1) is 9.72. The van der Waals surface area contributed by atoms with E-state index in [4.69, 9.17) is 0 Å². The Hall–Kier alpha value is -1.79. The molecule has 0 radical (unpaired) electrons. The van der Waals surface area contributed by atoms with Crippen LogP contribution in [0.1, 0.15) is 4.88 Å². The number of hydrogen-bond acceptors (Lipinski definition) is 5. The van der Waals surface area contributed by atoms with Crippen molar-refractivity contribution in [3.63, 3.8) is 0 Å². The molecule has 2 heterocycles. The number of hydrogen-bond donors (Lipinski definition) is 0. The van der Waals surface area contributed by atoms with Gasteiger partial charge in [0.25, 0.3) is 0 Å². The fourth-order valence-corrected chi connectivity index (χ4v) is 2.99. The first-order valence-electron chi connectivity index (χ1n) is 5.97. The van der Waals surface area contributed by atoms with Crippen LogP contribution in [0.15, 0.2) is 51.5 Å². The van der Waals surface area contributed by atoms with Gasteiger partial charge in [0, 0.05) is 11.9 Å². The maximum absolute atomic E-state index is 4.54. The molecule has 0 saturated carbocycles. The summed E-state index contributed by atoms with van der Waals surface area (Å²) in [6, 6.07) is 11.8. The Labute approximate surface area is 128 Å². The summed E-state index contributed by atoms with van der Waals surface area (Å²) < 4.78 is 1.09. The molecule has 3 rings (SSSR count). The largest absolute Gasteiger partial charge is 0.251 e. The lowest BCUT2D eigenvalue weighted by Crippen LogP contribution is -2.11. The van der Waals surface area contributed by atoms with Crippen LogP contribution < -0.4 is 5.01 Å². The molecule has 0 fully saturated rings. The van der Waals surface area contributed by atoms with Crippen molar-refractivity contribution in [2.75, 3.05) is 12.1 Å². The van der Waals surface area contributed by atoms with Crippen LogP contribution in [0.3, 0.4) is 0 Å². The van der Waals surface area contributed by atoms with Crippen molar-refractivity contribution in [3.8, 4) is 0 Å². The van der Waals surface area contributed by atoms with Crippen molar-refractivity contribution < 1.29 is 0 Å². The van der Waals surface area contributed by atoms with Gasteiger partial charge in [-0.25, -0.2) is 9.99 Å². The van der Waals surface area contributed by atoms with E-state index in [-0.39, 0.29) is 0 Å². The second kappa shape index (κ2) is 5.68. The van der Waals surface area contributed by atoms with Crippen LogP contribution in [0.4, 0.5) is 5.82 Å². The third-order valence-corrected chi connectivity index (χ3v) is 4.28. The first kappa shape index (κ1) is 13.2. The van der Waals surface area contributed by atoms with Crippen molar-refractivity contribution in [1.82, 2.24) is 9.97 Å². The molecule has 6 heteroatoms. The third kappa shape index (κ3) is 2.86. The van der Waals surface area contributed by atoms with E-state index in [0.717, 1.165) is 25.5 Å². The summed E-state index contributed by atoms with van der Waals surface area (Å²) in [7, 11) is 1.86. The Morgan fingerprint density at radius 2 is 2.00 bits per heavy atom. The van der Waals surface area contributed by atoms with E-state index in [1.54, 1.807) is 22.5 Å². The number of nitrogens with zero attached hydrogens (tertiary/aromatic N) is 4. The molecule has 0 bridgehead atoms. The van der Waals surface area contributed by atoms with Gasteiger partial charge in [-0.3, -0.25) is 4.98 Å². The molecule has 1 aromatic carbocycles. The topological polar surface area (TPSA) is 41.4 Å². The Morgan fingerprint density at radius 3 is 2.75 bits per heavy atom. The highest BCUT2D eigenvalue weighted by atomic mass is 79.9. The van der Waals surface area contributed by atoms with Crippen LogP contribution in [0.5, 0.6) is 0 Å². The lowest BCUT2D eigenvalue weighted by molar-refractivity contribution is 0.982. The molecule has 4 nitrogen and oxygen atoms in total. The van der Waals surface area contributed by atoms with Crippen molar-refractivity contribution in [3.05, 3.63) is 51.3 Å². The van der Waals surface area contributed by atoms with Gasteiger partial charge in [-0.05, 0) is 40.2 Å². The van der Waals surface area contributed by atoms with Crippen LogP contribution in [0, 0.1) is 0 Å². The Kier molecular flexibility index (Phi) is 3.75. The van der Waals surface area contributed by atoms with E-state index in [2.05, 4.69) is 31.0 Å². The minimum absolute atomic E-state index is 0.718. The molecular formula is C14H11BrN4S. The number of aromatic nitrogens is 2. The summed E-state index contributed by atoms with van der Waals surface area (Å²) in [5.41, 5.74) is 1.75. The normalized spacial score (nSPS) is 11.3. The van der Waals surface area contributed by atoms with Gasteiger partial charge in [0.15, 0.2) is 5.82 Å². The number of para-hydroxylation sites is 2. The van der Waals surface area contributed by atoms with Crippen LogP contribution in [-0.4, -0.2) is 23.2 Å². The highest BCUT2D eigenvalue weighted by Crippen LogP contribution is 2.21. The van der Waals surface area contributed by atoms with Crippen molar-refractivity contribution in [1.29, 1.82) is 0 Å². The lowest BCUT2D eigenvalue weighted by atomic mass is 10.3. The van der Waals surface area contributed by atoms with E-state index in [1.807, 2.05) is 49.7 Å². The van der Waals surface area contributed by atoms with Crippen molar-refractivity contribution in [2.24, 2.45) is 5.10 Å². The van der Waals surface area contributed by atoms with Gasteiger partial charge in [0.05, 0.1) is 27.2 Å². The molecule has 0 N–H and O–H groups in total. The van der Waals surface area contributed by atoms with Crippen LogP contribution in [-0.2, 0) is 0 Å². The summed E-state index contributed by atoms with van der Waals surface area (Å²) in [5.74, 6) is 0.718. The molecule has 0 spiro atoms. The molecule has 0 atom stereocenters. The van der Waals surface area contributed by atoms with E-state index >= 15 is 0 Å². The molecule has 0 aliphatic carbocycles. The second-order valence-corrected chi connectivity index (χ2v) is 6.62. The number of halogens is 1. The first-order valence-corrected chi connectivity index (χ1v) is 7.58. The van der Waals surface area contributed by atoms with E-state index < -0.39 is 0 Å². The van der Waals surface area contributed by atoms with E-state index in [0.29, 0.717) is 0 Å². The molecule has 0 saturated heterocycles. The molecule has 20 heavy (non-hydrogen) atoms. The fraction of sp³-hybridized carbons (Fsp3) is 0.0714. The van der Waals surface area contributed by atoms with Crippen LogP contribution in [0.25, 0.3) is 11.0 Å². The predicted molar refractivity (Wildman–Crippen MR) is 87.6 cm³/mol. The van der Waals surface area contributed by atoms with Gasteiger partial charge in [-0.15, -0.1) is 11.3 Å². The summed E-state index contributed by atoms with van der Waals surface area (Å²) in [6.45, 7) is 0. The fourth-order valence-electron chi connectivity index (χ4n) is 1.70. The van der Waals surface area contributed by atoms with Crippen molar-refractivity contribution in [2.45, 2.75) is 0 Å². The average molecular weight is 347 g/mol. The Balaban J connectivity index is 1.84. The van der Waals surface area contributed by atoms with Gasteiger partial charge in [0.1, 0.15) is 0 Å². The van der Waals surface area contributed by atoms with Crippen molar-refractivity contribution >= 4 is 50.3 Å². The quantitative estimate of drug-likeness (QED) is 0.533. The maximum atomic E-state index is 4.54. The van der Waals surface area contributed by atoms with Crippen LogP contribution >= 0.6 is 27.3 Å². The SMILES string of the molecule is CN(N=Cc1ccc(Br)s1)c1cnc2ccccc2n1. The predicted octanol–water partition coefficient (Wildman–Crippen LogP) is 3.92. The van der Waals surface area contributed by atoms with E-state index in [1.165, 1.54) is 0 Å².